The number of benzene rings is 1. The molecule has 0 saturated carbocycles. The summed E-state index contributed by atoms with van der Waals surface area (Å²) >= 11 is 0. The summed E-state index contributed by atoms with van der Waals surface area (Å²) in [6.45, 7) is 2.01. The molecular formula is C15H21NO. The lowest BCUT2D eigenvalue weighted by atomic mass is 9.86. The molecule has 3 rings (SSSR count). The van der Waals surface area contributed by atoms with E-state index in [1.807, 2.05) is 0 Å². The summed E-state index contributed by atoms with van der Waals surface area (Å²) in [6, 6.07) is 9.39. The molecule has 1 heterocycles. The Morgan fingerprint density at radius 1 is 1.12 bits per heavy atom. The van der Waals surface area contributed by atoms with Crippen molar-refractivity contribution in [1.29, 1.82) is 0 Å². The number of fused-ring (bicyclic) bond motifs is 1. The average Bonchev–Trinajstić information content (AvgIpc) is 2.38. The van der Waals surface area contributed by atoms with Crippen molar-refractivity contribution in [2.75, 3.05) is 13.1 Å². The molecule has 1 aliphatic heterocycles. The highest BCUT2D eigenvalue weighted by atomic mass is 16.3. The molecule has 0 amide bonds. The molecule has 0 bridgehead atoms. The fourth-order valence-corrected chi connectivity index (χ4v) is 3.37. The molecule has 2 aliphatic rings. The highest BCUT2D eigenvalue weighted by Gasteiger charge is 2.28. The first-order valence-electron chi connectivity index (χ1n) is 6.84. The van der Waals surface area contributed by atoms with E-state index in [1.54, 1.807) is 0 Å². The zero-order valence-electron chi connectivity index (χ0n) is 10.3. The van der Waals surface area contributed by atoms with Crippen LogP contribution in [0.5, 0.6) is 0 Å². The lowest BCUT2D eigenvalue weighted by Gasteiger charge is -2.39. The quantitative estimate of drug-likeness (QED) is 0.803. The van der Waals surface area contributed by atoms with Gasteiger partial charge in [-0.1, -0.05) is 24.3 Å². The van der Waals surface area contributed by atoms with Crippen molar-refractivity contribution in [1.82, 2.24) is 4.90 Å². The zero-order chi connectivity index (χ0) is 11.7. The lowest BCUT2D eigenvalue weighted by Crippen LogP contribution is -2.41. The molecule has 2 nitrogen and oxygen atoms in total. The normalized spacial score (nSPS) is 29.9. The number of hydrogen-bond acceptors (Lipinski definition) is 2. The number of aliphatic hydroxyl groups excluding tert-OH is 1. The number of aryl methyl sites for hydroxylation is 1. The summed E-state index contributed by atoms with van der Waals surface area (Å²) in [5.74, 6) is 0. The number of likely N-dealkylation sites (tertiary alicyclic amines) is 1. The van der Waals surface area contributed by atoms with Crippen LogP contribution in [0, 0.1) is 0 Å². The van der Waals surface area contributed by atoms with Crippen LogP contribution in [0.2, 0.25) is 0 Å². The van der Waals surface area contributed by atoms with E-state index >= 15 is 0 Å². The Morgan fingerprint density at radius 2 is 2.00 bits per heavy atom. The largest absolute Gasteiger partial charge is 0.392 e. The van der Waals surface area contributed by atoms with E-state index in [0.717, 1.165) is 25.9 Å². The van der Waals surface area contributed by atoms with E-state index in [9.17, 15) is 5.11 Å². The fourth-order valence-electron chi connectivity index (χ4n) is 3.37. The van der Waals surface area contributed by atoms with Crippen molar-refractivity contribution in [3.8, 4) is 0 Å². The van der Waals surface area contributed by atoms with Crippen LogP contribution in [-0.2, 0) is 6.42 Å². The molecule has 2 heteroatoms. The van der Waals surface area contributed by atoms with E-state index in [-0.39, 0.29) is 6.10 Å². The number of hydrogen-bond donors (Lipinski definition) is 1. The van der Waals surface area contributed by atoms with Crippen LogP contribution in [-0.4, -0.2) is 29.2 Å². The fraction of sp³-hybridized carbons (Fsp3) is 0.600. The van der Waals surface area contributed by atoms with Crippen molar-refractivity contribution in [3.05, 3.63) is 35.4 Å². The smallest absolute Gasteiger partial charge is 0.0667 e. The van der Waals surface area contributed by atoms with E-state index in [2.05, 4.69) is 29.2 Å². The molecule has 1 fully saturated rings. The van der Waals surface area contributed by atoms with Crippen LogP contribution in [0.15, 0.2) is 24.3 Å². The summed E-state index contributed by atoms with van der Waals surface area (Å²) in [7, 11) is 0. The molecule has 92 valence electrons. The van der Waals surface area contributed by atoms with E-state index in [4.69, 9.17) is 0 Å². The van der Waals surface area contributed by atoms with Gasteiger partial charge in [0.1, 0.15) is 0 Å². The van der Waals surface area contributed by atoms with Gasteiger partial charge in [-0.2, -0.15) is 0 Å². The van der Waals surface area contributed by atoms with Crippen LogP contribution in [0.25, 0.3) is 0 Å². The van der Waals surface area contributed by atoms with Crippen LogP contribution < -0.4 is 0 Å². The monoisotopic (exact) mass is 231 g/mol. The van der Waals surface area contributed by atoms with Crippen LogP contribution in [0.1, 0.15) is 42.9 Å². The van der Waals surface area contributed by atoms with Crippen molar-refractivity contribution < 1.29 is 5.11 Å². The number of aliphatic hydroxyl groups is 1. The summed E-state index contributed by atoms with van der Waals surface area (Å²) in [5, 5.41) is 9.82. The highest BCUT2D eigenvalue weighted by molar-refractivity contribution is 5.32. The molecule has 0 radical (unpaired) electrons. The molecule has 1 aliphatic carbocycles. The molecule has 2 atom stereocenters. The van der Waals surface area contributed by atoms with Crippen LogP contribution >= 0.6 is 0 Å². The van der Waals surface area contributed by atoms with Crippen molar-refractivity contribution >= 4 is 0 Å². The van der Waals surface area contributed by atoms with Gasteiger partial charge in [-0.3, -0.25) is 4.90 Å². The molecule has 1 aromatic carbocycles. The molecule has 0 spiro atoms. The number of β-amino-alcohol motifs (C(OH)–C–C–N with tert-alkyl or cyclic N) is 1. The van der Waals surface area contributed by atoms with Gasteiger partial charge in [0.25, 0.3) is 0 Å². The highest BCUT2D eigenvalue weighted by Crippen LogP contribution is 2.35. The first kappa shape index (κ1) is 11.2. The van der Waals surface area contributed by atoms with Gasteiger partial charge < -0.3 is 5.11 Å². The Balaban J connectivity index is 1.84. The van der Waals surface area contributed by atoms with Crippen LogP contribution in [0.4, 0.5) is 0 Å². The Labute approximate surface area is 103 Å². The van der Waals surface area contributed by atoms with Crippen LogP contribution in [0.3, 0.4) is 0 Å². The third-order valence-electron chi connectivity index (χ3n) is 4.21. The number of piperidine rings is 1. The predicted molar refractivity (Wildman–Crippen MR) is 68.9 cm³/mol. The maximum Gasteiger partial charge on any atom is 0.0667 e. The standard InChI is InChI=1S/C15H21NO/c17-13-7-4-10-16(11-13)15-9-3-6-12-5-1-2-8-14(12)15/h1-2,5,8,13,15,17H,3-4,6-7,9-11H2/t13-,15?/m1/s1. The molecule has 0 aromatic heterocycles. The molecule has 1 saturated heterocycles. The Kier molecular flexibility index (Phi) is 3.17. The summed E-state index contributed by atoms with van der Waals surface area (Å²) in [6.07, 6.45) is 5.77. The molecule has 1 unspecified atom stereocenters. The maximum atomic E-state index is 9.82. The number of nitrogens with zero attached hydrogens (tertiary/aromatic N) is 1. The Bertz CT molecular complexity index is 390. The second kappa shape index (κ2) is 4.79. The minimum atomic E-state index is -0.113. The zero-order valence-corrected chi connectivity index (χ0v) is 10.3. The maximum absolute atomic E-state index is 9.82. The van der Waals surface area contributed by atoms with E-state index < -0.39 is 0 Å². The predicted octanol–water partition coefficient (Wildman–Crippen LogP) is 2.52. The Morgan fingerprint density at radius 3 is 2.88 bits per heavy atom. The summed E-state index contributed by atoms with van der Waals surface area (Å²) < 4.78 is 0. The van der Waals surface area contributed by atoms with Gasteiger partial charge in [-0.15, -0.1) is 0 Å². The van der Waals surface area contributed by atoms with Gasteiger partial charge in [0, 0.05) is 12.6 Å². The van der Waals surface area contributed by atoms with E-state index in [1.165, 1.54) is 30.4 Å². The summed E-state index contributed by atoms with van der Waals surface area (Å²) in [5.41, 5.74) is 3.02. The second-order valence-corrected chi connectivity index (χ2v) is 5.40. The first-order valence-corrected chi connectivity index (χ1v) is 6.84. The second-order valence-electron chi connectivity index (χ2n) is 5.40. The van der Waals surface area contributed by atoms with Gasteiger partial charge in [-0.25, -0.2) is 0 Å². The minimum absolute atomic E-state index is 0.113. The lowest BCUT2D eigenvalue weighted by molar-refractivity contribution is 0.0413. The van der Waals surface area contributed by atoms with E-state index in [0.29, 0.717) is 6.04 Å². The van der Waals surface area contributed by atoms with Gasteiger partial charge in [0.05, 0.1) is 6.10 Å². The van der Waals surface area contributed by atoms with Gasteiger partial charge in [0.15, 0.2) is 0 Å². The molecule has 1 N–H and O–H groups in total. The SMILES string of the molecule is O[C@@H]1CCCN(C2CCCc3ccccc32)C1. The topological polar surface area (TPSA) is 23.5 Å². The molecule has 17 heavy (non-hydrogen) atoms. The Hall–Kier alpha value is -0.860. The third kappa shape index (κ3) is 2.24. The van der Waals surface area contributed by atoms with Gasteiger partial charge in [-0.05, 0) is 49.8 Å². The first-order chi connectivity index (χ1) is 8.34. The molecule has 1 aromatic rings. The molecular weight excluding hydrogens is 210 g/mol. The van der Waals surface area contributed by atoms with Crippen molar-refractivity contribution in [2.45, 2.75) is 44.2 Å². The van der Waals surface area contributed by atoms with Gasteiger partial charge >= 0.3 is 0 Å². The summed E-state index contributed by atoms with van der Waals surface area (Å²) in [4.78, 5) is 2.49. The van der Waals surface area contributed by atoms with Crippen molar-refractivity contribution in [3.63, 3.8) is 0 Å². The van der Waals surface area contributed by atoms with Gasteiger partial charge in [0.2, 0.25) is 0 Å². The third-order valence-corrected chi connectivity index (χ3v) is 4.21. The average molecular weight is 231 g/mol. The minimum Gasteiger partial charge on any atom is -0.392 e. The van der Waals surface area contributed by atoms with Crippen molar-refractivity contribution in [2.24, 2.45) is 0 Å². The number of rotatable bonds is 1.